The van der Waals surface area contributed by atoms with Gasteiger partial charge in [0, 0.05) is 15.6 Å². The molecule has 128 valence electrons. The van der Waals surface area contributed by atoms with Gasteiger partial charge < -0.3 is 9.15 Å². The predicted molar refractivity (Wildman–Crippen MR) is 94.8 cm³/mol. The van der Waals surface area contributed by atoms with Crippen LogP contribution >= 0.6 is 23.2 Å². The van der Waals surface area contributed by atoms with Crippen LogP contribution in [0.1, 0.15) is 34.8 Å². The summed E-state index contributed by atoms with van der Waals surface area (Å²) in [6, 6.07) is 12.2. The minimum Gasteiger partial charge on any atom is -0.449 e. The van der Waals surface area contributed by atoms with Gasteiger partial charge >= 0.3 is 5.97 Å². The molecule has 0 amide bonds. The molecule has 2 aromatic carbocycles. The van der Waals surface area contributed by atoms with Crippen LogP contribution < -0.4 is 0 Å². The maximum absolute atomic E-state index is 12.2. The molecule has 0 radical (unpaired) electrons. The Morgan fingerprint density at radius 2 is 1.72 bits per heavy atom. The summed E-state index contributed by atoms with van der Waals surface area (Å²) in [5, 5.41) is 8.65. The fourth-order valence-electron chi connectivity index (χ4n) is 2.16. The van der Waals surface area contributed by atoms with Gasteiger partial charge in [-0.15, -0.1) is 10.2 Å². The van der Waals surface area contributed by atoms with Crippen LogP contribution in [-0.4, -0.2) is 16.2 Å². The molecular formula is C18H14Cl2N2O3. The number of rotatable bonds is 4. The molecule has 1 heterocycles. The van der Waals surface area contributed by atoms with Crippen molar-refractivity contribution >= 4 is 29.2 Å². The quantitative estimate of drug-likeness (QED) is 0.580. The van der Waals surface area contributed by atoms with Gasteiger partial charge in [-0.25, -0.2) is 4.79 Å². The van der Waals surface area contributed by atoms with Crippen molar-refractivity contribution in [3.05, 3.63) is 69.5 Å². The molecule has 25 heavy (non-hydrogen) atoms. The van der Waals surface area contributed by atoms with Crippen LogP contribution in [-0.2, 0) is 4.74 Å². The summed E-state index contributed by atoms with van der Waals surface area (Å²) in [5.41, 5.74) is 2.18. The largest absolute Gasteiger partial charge is 0.449 e. The Balaban J connectivity index is 1.74. The topological polar surface area (TPSA) is 65.2 Å². The first-order valence-corrected chi connectivity index (χ1v) is 8.25. The molecule has 1 atom stereocenters. The fraction of sp³-hybridized carbons (Fsp3) is 0.167. The Morgan fingerprint density at radius 3 is 2.36 bits per heavy atom. The highest BCUT2D eigenvalue weighted by Gasteiger charge is 2.20. The number of aryl methyl sites for hydroxylation is 1. The predicted octanol–water partition coefficient (Wildman–Crippen LogP) is 5.27. The van der Waals surface area contributed by atoms with E-state index in [0.29, 0.717) is 15.9 Å². The number of ether oxygens (including phenoxy) is 1. The van der Waals surface area contributed by atoms with E-state index in [2.05, 4.69) is 10.2 Å². The number of esters is 1. The Labute approximate surface area is 154 Å². The molecule has 0 aliphatic carbocycles. The first-order chi connectivity index (χ1) is 11.9. The van der Waals surface area contributed by atoms with Gasteiger partial charge in [-0.05, 0) is 44.2 Å². The lowest BCUT2D eigenvalue weighted by molar-refractivity contribution is 0.0280. The van der Waals surface area contributed by atoms with E-state index in [-0.39, 0.29) is 11.5 Å². The van der Waals surface area contributed by atoms with E-state index in [0.717, 1.165) is 11.1 Å². The molecule has 0 saturated carbocycles. The summed E-state index contributed by atoms with van der Waals surface area (Å²) in [5.74, 6) is -0.00673. The molecule has 1 aromatic heterocycles. The molecule has 0 aliphatic rings. The molecule has 5 nitrogen and oxygen atoms in total. The first-order valence-electron chi connectivity index (χ1n) is 7.50. The van der Waals surface area contributed by atoms with Gasteiger partial charge in [0.15, 0.2) is 6.10 Å². The zero-order valence-corrected chi connectivity index (χ0v) is 15.0. The molecule has 0 fully saturated rings. The van der Waals surface area contributed by atoms with Gasteiger partial charge in [0.1, 0.15) is 0 Å². The van der Waals surface area contributed by atoms with Crippen LogP contribution in [0.2, 0.25) is 10.0 Å². The summed E-state index contributed by atoms with van der Waals surface area (Å²) < 4.78 is 11.0. The van der Waals surface area contributed by atoms with E-state index < -0.39 is 12.1 Å². The SMILES string of the molecule is Cc1ccc(-c2nnc([C@@H](C)OC(=O)c3cc(Cl)cc(Cl)c3)o2)cc1. The highest BCUT2D eigenvalue weighted by Crippen LogP contribution is 2.25. The van der Waals surface area contributed by atoms with Gasteiger partial charge in [0.2, 0.25) is 5.89 Å². The second-order valence-corrected chi connectivity index (χ2v) is 6.39. The van der Waals surface area contributed by atoms with Gasteiger partial charge in [-0.2, -0.15) is 0 Å². The average Bonchev–Trinajstić information content (AvgIpc) is 3.04. The number of carbonyl (C=O) groups excluding carboxylic acids is 1. The number of halogens is 2. The minimum absolute atomic E-state index is 0.206. The highest BCUT2D eigenvalue weighted by molar-refractivity contribution is 6.35. The molecule has 7 heteroatoms. The number of nitrogens with zero attached hydrogens (tertiary/aromatic N) is 2. The lowest BCUT2D eigenvalue weighted by Gasteiger charge is -2.09. The van der Waals surface area contributed by atoms with Crippen molar-refractivity contribution in [3.63, 3.8) is 0 Å². The van der Waals surface area contributed by atoms with Crippen molar-refractivity contribution in [2.75, 3.05) is 0 Å². The van der Waals surface area contributed by atoms with Crippen LogP contribution in [0.3, 0.4) is 0 Å². The van der Waals surface area contributed by atoms with Gasteiger partial charge in [0.25, 0.3) is 5.89 Å². The third-order valence-electron chi connectivity index (χ3n) is 3.47. The average molecular weight is 377 g/mol. The lowest BCUT2D eigenvalue weighted by Crippen LogP contribution is -2.09. The molecule has 0 spiro atoms. The summed E-state index contributed by atoms with van der Waals surface area (Å²) in [7, 11) is 0. The second-order valence-electron chi connectivity index (χ2n) is 5.52. The number of hydrogen-bond donors (Lipinski definition) is 0. The summed E-state index contributed by atoms with van der Waals surface area (Å²) >= 11 is 11.8. The Bertz CT molecular complexity index is 887. The number of hydrogen-bond acceptors (Lipinski definition) is 5. The molecule has 0 bridgehead atoms. The van der Waals surface area contributed by atoms with Crippen LogP contribution in [0.4, 0.5) is 0 Å². The zero-order valence-electron chi connectivity index (χ0n) is 13.5. The van der Waals surface area contributed by atoms with Gasteiger partial charge in [-0.1, -0.05) is 40.9 Å². The first kappa shape index (κ1) is 17.5. The van der Waals surface area contributed by atoms with Crippen LogP contribution in [0, 0.1) is 6.92 Å². The number of carbonyl (C=O) groups is 1. The van der Waals surface area contributed by atoms with Crippen molar-refractivity contribution in [3.8, 4) is 11.5 Å². The summed E-state index contributed by atoms with van der Waals surface area (Å²) in [6.45, 7) is 3.64. The maximum Gasteiger partial charge on any atom is 0.339 e. The summed E-state index contributed by atoms with van der Waals surface area (Å²) in [6.07, 6.45) is -0.711. The van der Waals surface area contributed by atoms with Crippen LogP contribution in [0.15, 0.2) is 46.9 Å². The molecular weight excluding hydrogens is 363 g/mol. The van der Waals surface area contributed by atoms with Crippen molar-refractivity contribution < 1.29 is 13.9 Å². The number of benzene rings is 2. The van der Waals surface area contributed by atoms with Crippen molar-refractivity contribution in [1.29, 1.82) is 0 Å². The lowest BCUT2D eigenvalue weighted by atomic mass is 10.1. The Morgan fingerprint density at radius 1 is 1.08 bits per heavy atom. The Kier molecular flexibility index (Phi) is 5.06. The molecule has 0 saturated heterocycles. The van der Waals surface area contributed by atoms with E-state index in [1.165, 1.54) is 18.2 Å². The molecule has 0 aliphatic heterocycles. The van der Waals surface area contributed by atoms with Crippen molar-refractivity contribution in [1.82, 2.24) is 10.2 Å². The third kappa shape index (κ3) is 4.18. The van der Waals surface area contributed by atoms with E-state index in [9.17, 15) is 4.79 Å². The minimum atomic E-state index is -0.711. The van der Waals surface area contributed by atoms with E-state index in [1.54, 1.807) is 6.92 Å². The molecule has 3 rings (SSSR count). The zero-order chi connectivity index (χ0) is 18.0. The second kappa shape index (κ2) is 7.25. The normalized spacial score (nSPS) is 12.0. The Hall–Kier alpha value is -2.37. The van der Waals surface area contributed by atoms with E-state index >= 15 is 0 Å². The van der Waals surface area contributed by atoms with Crippen molar-refractivity contribution in [2.24, 2.45) is 0 Å². The fourth-order valence-corrected chi connectivity index (χ4v) is 2.69. The monoisotopic (exact) mass is 376 g/mol. The summed E-state index contributed by atoms with van der Waals surface area (Å²) in [4.78, 5) is 12.2. The maximum atomic E-state index is 12.2. The van der Waals surface area contributed by atoms with Crippen LogP contribution in [0.5, 0.6) is 0 Å². The molecule has 3 aromatic rings. The van der Waals surface area contributed by atoms with Crippen molar-refractivity contribution in [2.45, 2.75) is 20.0 Å². The molecule has 0 unspecified atom stereocenters. The third-order valence-corrected chi connectivity index (χ3v) is 3.91. The number of aromatic nitrogens is 2. The highest BCUT2D eigenvalue weighted by atomic mass is 35.5. The van der Waals surface area contributed by atoms with Gasteiger partial charge in [-0.3, -0.25) is 0 Å². The molecule has 0 N–H and O–H groups in total. The smallest absolute Gasteiger partial charge is 0.339 e. The van der Waals surface area contributed by atoms with E-state index in [4.69, 9.17) is 32.4 Å². The van der Waals surface area contributed by atoms with E-state index in [1.807, 2.05) is 31.2 Å². The van der Waals surface area contributed by atoms with Crippen LogP contribution in [0.25, 0.3) is 11.5 Å². The van der Waals surface area contributed by atoms with Gasteiger partial charge in [0.05, 0.1) is 5.56 Å². The standard InChI is InChI=1S/C18H14Cl2N2O3/c1-10-3-5-12(6-4-10)17-22-21-16(25-17)11(2)24-18(23)13-7-14(19)9-15(20)8-13/h3-9,11H,1-2H3/t11-/m1/s1.